The van der Waals surface area contributed by atoms with Crippen molar-refractivity contribution >= 4 is 44.3 Å². The Labute approximate surface area is 126 Å². The minimum Gasteiger partial charge on any atom is -0.335 e. The molecule has 4 nitrogen and oxygen atoms in total. The van der Waals surface area contributed by atoms with E-state index >= 15 is 0 Å². The van der Waals surface area contributed by atoms with Crippen molar-refractivity contribution in [2.45, 2.75) is 38.1 Å². The lowest BCUT2D eigenvalue weighted by atomic mass is 9.96. The number of thiazole rings is 1. The van der Waals surface area contributed by atoms with Gasteiger partial charge in [0.15, 0.2) is 5.13 Å². The SMILES string of the molecule is O=C(Nc1nc2c(Cl)cccc2s1)NC1CCCCC1. The van der Waals surface area contributed by atoms with Crippen LogP contribution in [-0.4, -0.2) is 17.1 Å². The van der Waals surface area contributed by atoms with Crippen molar-refractivity contribution < 1.29 is 4.79 Å². The van der Waals surface area contributed by atoms with Crippen molar-refractivity contribution in [2.24, 2.45) is 0 Å². The number of nitrogens with one attached hydrogen (secondary N) is 2. The molecule has 0 aliphatic heterocycles. The number of rotatable bonds is 2. The molecule has 20 heavy (non-hydrogen) atoms. The third-order valence-corrected chi connectivity index (χ3v) is 4.77. The molecule has 3 rings (SSSR count). The van der Waals surface area contributed by atoms with E-state index in [0.717, 1.165) is 23.1 Å². The van der Waals surface area contributed by atoms with E-state index in [4.69, 9.17) is 11.6 Å². The summed E-state index contributed by atoms with van der Waals surface area (Å²) in [6, 6.07) is 5.75. The number of carbonyl (C=O) groups is 1. The maximum absolute atomic E-state index is 12.0. The number of hydrogen-bond acceptors (Lipinski definition) is 3. The van der Waals surface area contributed by atoms with Crippen LogP contribution in [0.4, 0.5) is 9.93 Å². The lowest BCUT2D eigenvalue weighted by Crippen LogP contribution is -2.38. The van der Waals surface area contributed by atoms with Crippen LogP contribution in [0.1, 0.15) is 32.1 Å². The standard InChI is InChI=1S/C14H16ClN3OS/c15-10-7-4-8-11-12(10)17-14(20-11)18-13(19)16-9-5-2-1-3-6-9/h4,7-9H,1-3,5-6H2,(H2,16,17,18,19). The summed E-state index contributed by atoms with van der Waals surface area (Å²) < 4.78 is 0.977. The van der Waals surface area contributed by atoms with Gasteiger partial charge in [0.1, 0.15) is 5.52 Å². The average Bonchev–Trinajstić information content (AvgIpc) is 2.83. The number of fused-ring (bicyclic) bond motifs is 1. The molecule has 1 heterocycles. The number of benzene rings is 1. The molecule has 1 aliphatic rings. The van der Waals surface area contributed by atoms with Gasteiger partial charge in [0.05, 0.1) is 9.72 Å². The van der Waals surface area contributed by atoms with Crippen LogP contribution in [0.5, 0.6) is 0 Å². The van der Waals surface area contributed by atoms with Gasteiger partial charge in [-0.1, -0.05) is 48.3 Å². The van der Waals surface area contributed by atoms with E-state index in [2.05, 4.69) is 15.6 Å². The van der Waals surface area contributed by atoms with Gasteiger partial charge in [0.25, 0.3) is 0 Å². The highest BCUT2D eigenvalue weighted by atomic mass is 35.5. The Morgan fingerprint density at radius 2 is 2.10 bits per heavy atom. The average molecular weight is 310 g/mol. The van der Waals surface area contributed by atoms with Gasteiger partial charge in [0.2, 0.25) is 0 Å². The van der Waals surface area contributed by atoms with Crippen LogP contribution in [0.15, 0.2) is 18.2 Å². The van der Waals surface area contributed by atoms with Gasteiger partial charge in [-0.3, -0.25) is 5.32 Å². The van der Waals surface area contributed by atoms with Crippen LogP contribution < -0.4 is 10.6 Å². The first kappa shape index (κ1) is 13.6. The first-order valence-electron chi connectivity index (χ1n) is 6.85. The van der Waals surface area contributed by atoms with Gasteiger partial charge in [0, 0.05) is 6.04 Å². The molecule has 1 aromatic carbocycles. The normalized spacial score (nSPS) is 16.2. The monoisotopic (exact) mass is 309 g/mol. The summed E-state index contributed by atoms with van der Waals surface area (Å²) in [7, 11) is 0. The van der Waals surface area contributed by atoms with Crippen molar-refractivity contribution in [3.8, 4) is 0 Å². The fraction of sp³-hybridized carbons (Fsp3) is 0.429. The van der Waals surface area contributed by atoms with Crippen LogP contribution in [0.3, 0.4) is 0 Å². The smallest absolute Gasteiger partial charge is 0.321 e. The molecule has 106 valence electrons. The van der Waals surface area contributed by atoms with Crippen LogP contribution >= 0.6 is 22.9 Å². The van der Waals surface area contributed by atoms with Gasteiger partial charge in [-0.2, -0.15) is 0 Å². The summed E-state index contributed by atoms with van der Waals surface area (Å²) in [4.78, 5) is 16.3. The fourth-order valence-corrected chi connectivity index (χ4v) is 3.69. The second-order valence-electron chi connectivity index (χ2n) is 5.04. The summed E-state index contributed by atoms with van der Waals surface area (Å²) in [5, 5.41) is 7.01. The maximum Gasteiger partial charge on any atom is 0.321 e. The molecule has 6 heteroatoms. The summed E-state index contributed by atoms with van der Waals surface area (Å²) in [5.41, 5.74) is 0.743. The second-order valence-corrected chi connectivity index (χ2v) is 6.48. The summed E-state index contributed by atoms with van der Waals surface area (Å²) in [6.07, 6.45) is 5.80. The predicted molar refractivity (Wildman–Crippen MR) is 83.7 cm³/mol. The molecular formula is C14H16ClN3OS. The van der Waals surface area contributed by atoms with Crippen molar-refractivity contribution in [1.82, 2.24) is 10.3 Å². The highest BCUT2D eigenvalue weighted by Gasteiger charge is 2.16. The van der Waals surface area contributed by atoms with Crippen LogP contribution in [0.25, 0.3) is 10.2 Å². The zero-order valence-corrected chi connectivity index (χ0v) is 12.6. The Hall–Kier alpha value is -1.33. The first-order chi connectivity index (χ1) is 9.72. The quantitative estimate of drug-likeness (QED) is 0.863. The number of amides is 2. The van der Waals surface area contributed by atoms with Crippen molar-refractivity contribution in [2.75, 3.05) is 5.32 Å². The molecule has 0 unspecified atom stereocenters. The zero-order valence-electron chi connectivity index (χ0n) is 11.0. The predicted octanol–water partition coefficient (Wildman–Crippen LogP) is 4.40. The molecule has 0 spiro atoms. The minimum absolute atomic E-state index is 0.174. The highest BCUT2D eigenvalue weighted by Crippen LogP contribution is 2.30. The lowest BCUT2D eigenvalue weighted by Gasteiger charge is -2.22. The van der Waals surface area contributed by atoms with E-state index in [1.54, 1.807) is 6.07 Å². The van der Waals surface area contributed by atoms with E-state index in [-0.39, 0.29) is 6.03 Å². The molecule has 0 atom stereocenters. The van der Waals surface area contributed by atoms with E-state index < -0.39 is 0 Å². The lowest BCUT2D eigenvalue weighted by molar-refractivity contribution is 0.244. The topological polar surface area (TPSA) is 54.0 Å². The van der Waals surface area contributed by atoms with Gasteiger partial charge >= 0.3 is 6.03 Å². The molecule has 2 amide bonds. The Balaban J connectivity index is 1.66. The van der Waals surface area contributed by atoms with Crippen LogP contribution in [0, 0.1) is 0 Å². The summed E-state index contributed by atoms with van der Waals surface area (Å²) >= 11 is 7.51. The molecule has 0 radical (unpaired) electrons. The van der Waals surface area contributed by atoms with E-state index in [1.807, 2.05) is 12.1 Å². The molecule has 1 aliphatic carbocycles. The molecule has 2 aromatic rings. The fourth-order valence-electron chi connectivity index (χ4n) is 2.53. The first-order valence-corrected chi connectivity index (χ1v) is 8.04. The van der Waals surface area contributed by atoms with Gasteiger partial charge < -0.3 is 5.32 Å². The number of carbonyl (C=O) groups excluding carboxylic acids is 1. The summed E-state index contributed by atoms with van der Waals surface area (Å²) in [6.45, 7) is 0. The number of hydrogen-bond donors (Lipinski definition) is 2. The van der Waals surface area contributed by atoms with Crippen molar-refractivity contribution in [3.63, 3.8) is 0 Å². The molecule has 1 fully saturated rings. The van der Waals surface area contributed by atoms with Crippen LogP contribution in [0.2, 0.25) is 5.02 Å². The Bertz CT molecular complexity index is 622. The van der Waals surface area contributed by atoms with E-state index in [1.165, 1.54) is 30.6 Å². The molecule has 0 saturated heterocycles. The third kappa shape index (κ3) is 3.04. The number of anilines is 1. The van der Waals surface area contributed by atoms with Crippen LogP contribution in [-0.2, 0) is 0 Å². The van der Waals surface area contributed by atoms with E-state index in [9.17, 15) is 4.79 Å². The molecule has 2 N–H and O–H groups in total. The van der Waals surface area contributed by atoms with Crippen molar-refractivity contribution in [3.05, 3.63) is 23.2 Å². The van der Waals surface area contributed by atoms with E-state index in [0.29, 0.717) is 16.2 Å². The number of urea groups is 1. The maximum atomic E-state index is 12.0. The second kappa shape index (κ2) is 5.97. The summed E-state index contributed by atoms with van der Waals surface area (Å²) in [5.74, 6) is 0. The zero-order chi connectivity index (χ0) is 13.9. The van der Waals surface area contributed by atoms with Gasteiger partial charge in [-0.05, 0) is 25.0 Å². The molecular weight excluding hydrogens is 294 g/mol. The number of para-hydroxylation sites is 1. The van der Waals surface area contributed by atoms with Gasteiger partial charge in [-0.25, -0.2) is 9.78 Å². The number of halogens is 1. The van der Waals surface area contributed by atoms with Gasteiger partial charge in [-0.15, -0.1) is 0 Å². The molecule has 1 saturated carbocycles. The molecule has 1 aromatic heterocycles. The number of aromatic nitrogens is 1. The highest BCUT2D eigenvalue weighted by molar-refractivity contribution is 7.22. The van der Waals surface area contributed by atoms with Crippen molar-refractivity contribution in [1.29, 1.82) is 0 Å². The molecule has 0 bridgehead atoms. The Kier molecular flexibility index (Phi) is 4.08. The number of nitrogens with zero attached hydrogens (tertiary/aromatic N) is 1. The Morgan fingerprint density at radius 3 is 2.85 bits per heavy atom. The minimum atomic E-state index is -0.174. The largest absolute Gasteiger partial charge is 0.335 e. The Morgan fingerprint density at radius 1 is 1.30 bits per heavy atom. The third-order valence-electron chi connectivity index (χ3n) is 3.53.